The van der Waals surface area contributed by atoms with Gasteiger partial charge >= 0.3 is 0 Å². The topological polar surface area (TPSA) is 55.1 Å². The molecule has 1 atom stereocenters. The summed E-state index contributed by atoms with van der Waals surface area (Å²) in [5.41, 5.74) is 1.55. The van der Waals surface area contributed by atoms with E-state index in [1.807, 2.05) is 19.1 Å². The van der Waals surface area contributed by atoms with Crippen LogP contribution in [0.1, 0.15) is 28.9 Å². The SMILES string of the molecule is CC(NC(=O)c1ccoc1)c1ccncc1. The van der Waals surface area contributed by atoms with Gasteiger partial charge in [-0.15, -0.1) is 0 Å². The molecule has 2 aromatic rings. The van der Waals surface area contributed by atoms with Gasteiger partial charge in [0.25, 0.3) is 5.91 Å². The molecule has 4 heteroatoms. The smallest absolute Gasteiger partial charge is 0.255 e. The Morgan fingerprint density at radius 3 is 2.75 bits per heavy atom. The lowest BCUT2D eigenvalue weighted by Crippen LogP contribution is -2.26. The van der Waals surface area contributed by atoms with Crippen molar-refractivity contribution >= 4 is 5.91 Å². The first-order chi connectivity index (χ1) is 7.77. The summed E-state index contributed by atoms with van der Waals surface area (Å²) in [5.74, 6) is -0.141. The first kappa shape index (κ1) is 10.4. The van der Waals surface area contributed by atoms with Gasteiger partial charge in [0.2, 0.25) is 0 Å². The maximum Gasteiger partial charge on any atom is 0.255 e. The van der Waals surface area contributed by atoms with Crippen molar-refractivity contribution in [1.82, 2.24) is 10.3 Å². The lowest BCUT2D eigenvalue weighted by atomic mass is 10.1. The Balaban J connectivity index is 2.03. The molecule has 1 amide bonds. The van der Waals surface area contributed by atoms with Gasteiger partial charge in [0.1, 0.15) is 6.26 Å². The fraction of sp³-hybridized carbons (Fsp3) is 0.167. The van der Waals surface area contributed by atoms with E-state index in [0.717, 1.165) is 5.56 Å². The zero-order chi connectivity index (χ0) is 11.4. The molecule has 1 N–H and O–H groups in total. The van der Waals surface area contributed by atoms with Gasteiger partial charge in [-0.3, -0.25) is 9.78 Å². The van der Waals surface area contributed by atoms with Crippen molar-refractivity contribution in [1.29, 1.82) is 0 Å². The minimum atomic E-state index is -0.141. The molecule has 0 spiro atoms. The molecule has 0 bridgehead atoms. The Morgan fingerprint density at radius 1 is 1.38 bits per heavy atom. The van der Waals surface area contributed by atoms with Gasteiger partial charge in [0.15, 0.2) is 0 Å². The van der Waals surface area contributed by atoms with Crippen molar-refractivity contribution in [3.8, 4) is 0 Å². The van der Waals surface area contributed by atoms with E-state index < -0.39 is 0 Å². The molecule has 1 unspecified atom stereocenters. The molecule has 0 radical (unpaired) electrons. The van der Waals surface area contributed by atoms with E-state index in [4.69, 9.17) is 4.42 Å². The second kappa shape index (κ2) is 4.61. The van der Waals surface area contributed by atoms with Crippen molar-refractivity contribution in [2.24, 2.45) is 0 Å². The van der Waals surface area contributed by atoms with E-state index >= 15 is 0 Å². The average molecular weight is 216 g/mol. The summed E-state index contributed by atoms with van der Waals surface area (Å²) in [4.78, 5) is 15.6. The molecule has 0 aliphatic rings. The molecule has 16 heavy (non-hydrogen) atoms. The number of hydrogen-bond donors (Lipinski definition) is 1. The Morgan fingerprint density at radius 2 is 2.12 bits per heavy atom. The van der Waals surface area contributed by atoms with Gasteiger partial charge in [0, 0.05) is 12.4 Å². The van der Waals surface area contributed by atoms with Crippen molar-refractivity contribution in [2.75, 3.05) is 0 Å². The molecule has 0 fully saturated rings. The largest absolute Gasteiger partial charge is 0.472 e. The minimum Gasteiger partial charge on any atom is -0.472 e. The van der Waals surface area contributed by atoms with Crippen LogP contribution in [0.3, 0.4) is 0 Å². The number of nitrogens with zero attached hydrogens (tertiary/aromatic N) is 1. The number of furan rings is 1. The van der Waals surface area contributed by atoms with Crippen LogP contribution in [-0.2, 0) is 0 Å². The third-order valence-corrected chi connectivity index (χ3v) is 2.34. The molecule has 0 saturated heterocycles. The van der Waals surface area contributed by atoms with Gasteiger partial charge in [0.05, 0.1) is 17.9 Å². The Labute approximate surface area is 93.3 Å². The van der Waals surface area contributed by atoms with Crippen LogP contribution in [0.25, 0.3) is 0 Å². The van der Waals surface area contributed by atoms with E-state index in [1.54, 1.807) is 18.5 Å². The third-order valence-electron chi connectivity index (χ3n) is 2.34. The average Bonchev–Trinajstić information content (AvgIpc) is 2.83. The van der Waals surface area contributed by atoms with Crippen LogP contribution in [0.15, 0.2) is 47.5 Å². The van der Waals surface area contributed by atoms with Crippen LogP contribution in [0, 0.1) is 0 Å². The Kier molecular flexibility index (Phi) is 3.00. The number of hydrogen-bond acceptors (Lipinski definition) is 3. The van der Waals surface area contributed by atoms with Crippen LogP contribution in [0.5, 0.6) is 0 Å². The fourth-order valence-electron chi connectivity index (χ4n) is 1.41. The number of nitrogens with one attached hydrogen (secondary N) is 1. The number of rotatable bonds is 3. The molecule has 0 aromatic carbocycles. The first-order valence-electron chi connectivity index (χ1n) is 5.00. The highest BCUT2D eigenvalue weighted by Gasteiger charge is 2.11. The molecule has 2 rings (SSSR count). The van der Waals surface area contributed by atoms with Gasteiger partial charge in [-0.25, -0.2) is 0 Å². The Bertz CT molecular complexity index is 451. The maximum atomic E-state index is 11.7. The summed E-state index contributed by atoms with van der Waals surface area (Å²) in [6.45, 7) is 1.92. The fourth-order valence-corrected chi connectivity index (χ4v) is 1.41. The predicted octanol–water partition coefficient (Wildman–Crippen LogP) is 2.17. The highest BCUT2D eigenvalue weighted by molar-refractivity contribution is 5.93. The van der Waals surface area contributed by atoms with E-state index in [0.29, 0.717) is 5.56 Å². The van der Waals surface area contributed by atoms with Crippen LogP contribution in [0.4, 0.5) is 0 Å². The molecule has 0 aliphatic heterocycles. The maximum absolute atomic E-state index is 11.7. The van der Waals surface area contributed by atoms with Gasteiger partial charge in [-0.05, 0) is 30.7 Å². The first-order valence-corrected chi connectivity index (χ1v) is 5.00. The monoisotopic (exact) mass is 216 g/mol. The summed E-state index contributed by atoms with van der Waals surface area (Å²) >= 11 is 0. The van der Waals surface area contributed by atoms with Crippen LogP contribution < -0.4 is 5.32 Å². The van der Waals surface area contributed by atoms with E-state index in [-0.39, 0.29) is 11.9 Å². The molecular weight excluding hydrogens is 204 g/mol. The van der Waals surface area contributed by atoms with E-state index in [9.17, 15) is 4.79 Å². The standard InChI is InChI=1S/C12H12N2O2/c1-9(10-2-5-13-6-3-10)14-12(15)11-4-7-16-8-11/h2-9H,1H3,(H,14,15). The van der Waals surface area contributed by atoms with Crippen LogP contribution in [0.2, 0.25) is 0 Å². The number of carbonyl (C=O) groups is 1. The molecule has 0 aliphatic carbocycles. The normalized spacial score (nSPS) is 12.1. The predicted molar refractivity (Wildman–Crippen MR) is 58.8 cm³/mol. The zero-order valence-corrected chi connectivity index (χ0v) is 8.88. The summed E-state index contributed by atoms with van der Waals surface area (Å²) in [7, 11) is 0. The molecule has 0 saturated carbocycles. The van der Waals surface area contributed by atoms with Crippen molar-refractivity contribution in [2.45, 2.75) is 13.0 Å². The minimum absolute atomic E-state index is 0.0506. The number of amides is 1. The van der Waals surface area contributed by atoms with Crippen LogP contribution in [-0.4, -0.2) is 10.9 Å². The molecule has 2 heterocycles. The summed E-state index contributed by atoms with van der Waals surface area (Å²) in [6.07, 6.45) is 6.31. The highest BCUT2D eigenvalue weighted by Crippen LogP contribution is 2.11. The molecule has 82 valence electrons. The van der Waals surface area contributed by atoms with E-state index in [1.165, 1.54) is 12.5 Å². The van der Waals surface area contributed by atoms with Crippen molar-refractivity contribution < 1.29 is 9.21 Å². The van der Waals surface area contributed by atoms with Crippen molar-refractivity contribution in [3.05, 3.63) is 54.2 Å². The molecule has 2 aromatic heterocycles. The molecule has 4 nitrogen and oxygen atoms in total. The Hall–Kier alpha value is -2.10. The van der Waals surface area contributed by atoms with Gasteiger partial charge in [-0.1, -0.05) is 0 Å². The van der Waals surface area contributed by atoms with Crippen molar-refractivity contribution in [3.63, 3.8) is 0 Å². The molecular formula is C12H12N2O2. The second-order valence-electron chi connectivity index (χ2n) is 3.49. The van der Waals surface area contributed by atoms with Gasteiger partial charge < -0.3 is 9.73 Å². The zero-order valence-electron chi connectivity index (χ0n) is 8.88. The number of aromatic nitrogens is 1. The summed E-state index contributed by atoms with van der Waals surface area (Å²) in [6, 6.07) is 5.33. The summed E-state index contributed by atoms with van der Waals surface area (Å²) < 4.78 is 4.85. The quantitative estimate of drug-likeness (QED) is 0.855. The summed E-state index contributed by atoms with van der Waals surface area (Å²) in [5, 5.41) is 2.87. The second-order valence-corrected chi connectivity index (χ2v) is 3.49. The lowest BCUT2D eigenvalue weighted by molar-refractivity contribution is 0.0939. The number of pyridine rings is 1. The van der Waals surface area contributed by atoms with Crippen LogP contribution >= 0.6 is 0 Å². The van der Waals surface area contributed by atoms with Gasteiger partial charge in [-0.2, -0.15) is 0 Å². The van der Waals surface area contributed by atoms with E-state index in [2.05, 4.69) is 10.3 Å². The third kappa shape index (κ3) is 2.28. The lowest BCUT2D eigenvalue weighted by Gasteiger charge is -2.12. The number of carbonyl (C=O) groups excluding carboxylic acids is 1. The highest BCUT2D eigenvalue weighted by atomic mass is 16.3.